The summed E-state index contributed by atoms with van der Waals surface area (Å²) < 4.78 is 47.2. The van der Waals surface area contributed by atoms with Crippen molar-refractivity contribution in [3.8, 4) is 5.75 Å². The molecular weight excluding hydrogens is 415 g/mol. The molecule has 1 aromatic heterocycles. The number of fused-ring (bicyclic) bond motifs is 1. The van der Waals surface area contributed by atoms with Crippen LogP contribution < -0.4 is 15.4 Å². The van der Waals surface area contributed by atoms with Crippen LogP contribution in [0.4, 0.5) is 18.9 Å². The number of amides is 2. The summed E-state index contributed by atoms with van der Waals surface area (Å²) in [6.07, 6.45) is -0.250. The lowest BCUT2D eigenvalue weighted by Gasteiger charge is -2.13. The van der Waals surface area contributed by atoms with E-state index in [1.807, 2.05) is 0 Å². The number of aromatic amines is 1. The number of hydrogen-bond acceptors (Lipinski definition) is 5. The number of benzene rings is 2. The van der Waals surface area contributed by atoms with Crippen molar-refractivity contribution >= 4 is 17.5 Å². The third-order valence-corrected chi connectivity index (χ3v) is 4.63. The van der Waals surface area contributed by atoms with Gasteiger partial charge >= 0.3 is 0 Å². The predicted octanol–water partition coefficient (Wildman–Crippen LogP) is 2.25. The molecule has 0 aliphatic carbocycles. The van der Waals surface area contributed by atoms with Gasteiger partial charge in [0.05, 0.1) is 0 Å². The lowest BCUT2D eigenvalue weighted by Crippen LogP contribution is -2.46. The lowest BCUT2D eigenvalue weighted by molar-refractivity contribution is -0.118. The molecule has 0 spiro atoms. The molecule has 3 aromatic rings. The molecule has 3 N–H and O–H groups in total. The number of hydrogen-bond donors (Lipinski definition) is 3. The molecule has 1 aliphatic heterocycles. The maximum absolute atomic E-state index is 14.1. The zero-order chi connectivity index (χ0) is 22.1. The maximum atomic E-state index is 14.1. The zero-order valence-electron chi connectivity index (χ0n) is 16.1. The van der Waals surface area contributed by atoms with E-state index in [4.69, 9.17) is 4.74 Å². The summed E-state index contributed by atoms with van der Waals surface area (Å²) in [4.78, 5) is 27.4. The Bertz CT molecular complexity index is 1160. The Labute approximate surface area is 173 Å². The summed E-state index contributed by atoms with van der Waals surface area (Å²) >= 11 is 0. The van der Waals surface area contributed by atoms with Crippen LogP contribution in [0.1, 0.15) is 27.6 Å². The molecule has 8 nitrogen and oxygen atoms in total. The van der Waals surface area contributed by atoms with Crippen molar-refractivity contribution in [2.45, 2.75) is 19.4 Å². The van der Waals surface area contributed by atoms with E-state index in [-0.39, 0.29) is 41.7 Å². The van der Waals surface area contributed by atoms with Crippen LogP contribution in [0.25, 0.3) is 0 Å². The van der Waals surface area contributed by atoms with Crippen molar-refractivity contribution in [2.24, 2.45) is 0 Å². The van der Waals surface area contributed by atoms with Gasteiger partial charge in [0.1, 0.15) is 41.5 Å². The van der Waals surface area contributed by atoms with Crippen LogP contribution in [0.2, 0.25) is 0 Å². The molecule has 0 unspecified atom stereocenters. The summed E-state index contributed by atoms with van der Waals surface area (Å²) in [6.45, 7) is 1.43. The average molecular weight is 431 g/mol. The van der Waals surface area contributed by atoms with Gasteiger partial charge in [-0.25, -0.2) is 13.2 Å². The van der Waals surface area contributed by atoms with Gasteiger partial charge in [0.2, 0.25) is 5.82 Å². The van der Waals surface area contributed by atoms with Crippen molar-refractivity contribution in [3.05, 3.63) is 70.6 Å². The van der Waals surface area contributed by atoms with E-state index in [1.165, 1.54) is 12.1 Å². The van der Waals surface area contributed by atoms with E-state index in [0.29, 0.717) is 5.56 Å². The highest BCUT2D eigenvalue weighted by Crippen LogP contribution is 2.31. The van der Waals surface area contributed by atoms with Crippen molar-refractivity contribution in [1.29, 1.82) is 0 Å². The smallest absolute Gasteiger partial charge is 0.289 e. The van der Waals surface area contributed by atoms with Gasteiger partial charge in [0.15, 0.2) is 5.82 Å². The fourth-order valence-corrected chi connectivity index (χ4v) is 3.09. The number of halogens is 3. The largest absolute Gasteiger partial charge is 0.489 e. The first-order valence-electron chi connectivity index (χ1n) is 9.21. The van der Waals surface area contributed by atoms with E-state index in [1.54, 1.807) is 13.0 Å². The number of nitrogens with zero attached hydrogens (tertiary/aromatic N) is 2. The van der Waals surface area contributed by atoms with E-state index in [9.17, 15) is 22.8 Å². The minimum Gasteiger partial charge on any atom is -0.489 e. The molecule has 0 saturated carbocycles. The molecule has 2 amide bonds. The molecule has 2 aromatic carbocycles. The number of aromatic nitrogens is 3. The normalized spacial score (nSPS) is 15.5. The summed E-state index contributed by atoms with van der Waals surface area (Å²) in [5.41, 5.74) is 0.270. The van der Waals surface area contributed by atoms with Crippen LogP contribution >= 0.6 is 0 Å². The molecule has 160 valence electrons. The summed E-state index contributed by atoms with van der Waals surface area (Å²) in [7, 11) is 0. The number of anilines is 1. The Morgan fingerprint density at radius 2 is 1.94 bits per heavy atom. The predicted molar refractivity (Wildman–Crippen MR) is 102 cm³/mol. The lowest BCUT2D eigenvalue weighted by atomic mass is 10.1. The fourth-order valence-electron chi connectivity index (χ4n) is 3.09. The Morgan fingerprint density at radius 1 is 1.19 bits per heavy atom. The number of ether oxygens (including phenoxy) is 1. The molecule has 0 radical (unpaired) electrons. The van der Waals surface area contributed by atoms with Crippen LogP contribution in [-0.2, 0) is 11.2 Å². The van der Waals surface area contributed by atoms with Gasteiger partial charge in [0, 0.05) is 12.0 Å². The Balaban J connectivity index is 1.45. The standard InChI is InChI=1S/C20H16F3N5O3/c1-9-5-13(23)17-15(6-9)31-8-14(19(29)26-17)24-20(30)18-25-16(27-28-18)7-10-11(21)3-2-4-12(10)22/h2-6,14H,7-8H2,1H3,(H,24,30)(H,26,29)(H,25,27,28)/t14-/m0/s1. The average Bonchev–Trinajstić information content (AvgIpc) is 3.12. The minimum atomic E-state index is -1.14. The Hall–Kier alpha value is -3.89. The highest BCUT2D eigenvalue weighted by atomic mass is 19.1. The maximum Gasteiger partial charge on any atom is 0.289 e. The molecule has 4 rings (SSSR count). The van der Waals surface area contributed by atoms with Crippen LogP contribution in [0.15, 0.2) is 30.3 Å². The number of nitrogens with one attached hydrogen (secondary N) is 3. The monoisotopic (exact) mass is 431 g/mol. The highest BCUT2D eigenvalue weighted by Gasteiger charge is 2.29. The van der Waals surface area contributed by atoms with Gasteiger partial charge in [-0.1, -0.05) is 6.07 Å². The van der Waals surface area contributed by atoms with E-state index in [0.717, 1.165) is 12.1 Å². The molecule has 0 fully saturated rings. The third-order valence-electron chi connectivity index (χ3n) is 4.63. The molecule has 1 atom stereocenters. The van der Waals surface area contributed by atoms with Crippen LogP contribution in [0.5, 0.6) is 5.75 Å². The molecule has 1 aliphatic rings. The van der Waals surface area contributed by atoms with Crippen LogP contribution in [0.3, 0.4) is 0 Å². The summed E-state index contributed by atoms with van der Waals surface area (Å²) in [5.74, 6) is -3.69. The van der Waals surface area contributed by atoms with Gasteiger partial charge in [0.25, 0.3) is 11.8 Å². The van der Waals surface area contributed by atoms with Gasteiger partial charge in [-0.15, -0.1) is 10.2 Å². The van der Waals surface area contributed by atoms with Crippen LogP contribution in [-0.4, -0.2) is 39.6 Å². The SMILES string of the molecule is Cc1cc(F)c2c(c1)OC[C@H](NC(=O)c1nnc(Cc3c(F)cccc3F)[nH]1)C(=O)N2. The first-order chi connectivity index (χ1) is 14.8. The molecule has 0 saturated heterocycles. The minimum absolute atomic E-state index is 0.0562. The molecule has 0 bridgehead atoms. The van der Waals surface area contributed by atoms with Crippen molar-refractivity contribution in [3.63, 3.8) is 0 Å². The summed E-state index contributed by atoms with van der Waals surface area (Å²) in [6, 6.07) is 5.12. The molecular formula is C20H16F3N5O3. The van der Waals surface area contributed by atoms with Crippen molar-refractivity contribution < 1.29 is 27.5 Å². The van der Waals surface area contributed by atoms with Crippen molar-refractivity contribution in [1.82, 2.24) is 20.5 Å². The second-order valence-electron chi connectivity index (χ2n) is 6.94. The van der Waals surface area contributed by atoms with Gasteiger partial charge in [-0.3, -0.25) is 9.59 Å². The van der Waals surface area contributed by atoms with E-state index < -0.39 is 35.3 Å². The zero-order valence-corrected chi connectivity index (χ0v) is 16.1. The Kier molecular flexibility index (Phi) is 5.32. The first-order valence-corrected chi connectivity index (χ1v) is 9.21. The second-order valence-corrected chi connectivity index (χ2v) is 6.94. The van der Waals surface area contributed by atoms with Gasteiger partial charge < -0.3 is 20.4 Å². The van der Waals surface area contributed by atoms with Crippen LogP contribution in [0, 0.1) is 24.4 Å². The second kappa shape index (κ2) is 8.09. The van der Waals surface area contributed by atoms with Gasteiger partial charge in [-0.05, 0) is 36.8 Å². The quantitative estimate of drug-likeness (QED) is 0.587. The fraction of sp³-hybridized carbons (Fsp3) is 0.200. The first kappa shape index (κ1) is 20.4. The molecule has 2 heterocycles. The topological polar surface area (TPSA) is 109 Å². The third kappa shape index (κ3) is 4.20. The number of H-pyrrole nitrogens is 1. The summed E-state index contributed by atoms with van der Waals surface area (Å²) in [5, 5.41) is 12.2. The Morgan fingerprint density at radius 3 is 2.68 bits per heavy atom. The number of carbonyl (C=O) groups is 2. The van der Waals surface area contributed by atoms with E-state index >= 15 is 0 Å². The van der Waals surface area contributed by atoms with Gasteiger partial charge in [-0.2, -0.15) is 0 Å². The van der Waals surface area contributed by atoms with E-state index in [2.05, 4.69) is 25.8 Å². The highest BCUT2D eigenvalue weighted by molar-refractivity contribution is 6.01. The molecule has 31 heavy (non-hydrogen) atoms. The molecule has 11 heteroatoms. The van der Waals surface area contributed by atoms with Crippen molar-refractivity contribution in [2.75, 3.05) is 11.9 Å². The number of carbonyl (C=O) groups excluding carboxylic acids is 2. The number of rotatable bonds is 4. The number of aryl methyl sites for hydroxylation is 1.